The number of amides is 2. The first-order chi connectivity index (χ1) is 12.2. The number of hydrogen-bond acceptors (Lipinski definition) is 5. The second-order valence-corrected chi connectivity index (χ2v) is 5.76. The number of nitrogens with zero attached hydrogens (tertiary/aromatic N) is 4. The van der Waals surface area contributed by atoms with Crippen molar-refractivity contribution in [3.05, 3.63) is 30.6 Å². The maximum atomic E-state index is 12.1. The second-order valence-electron chi connectivity index (χ2n) is 5.76. The zero-order valence-corrected chi connectivity index (χ0v) is 14.1. The fourth-order valence-corrected chi connectivity index (χ4v) is 2.74. The van der Waals surface area contributed by atoms with Crippen LogP contribution in [0.1, 0.15) is 19.8 Å². The topological polar surface area (TPSA) is 88.8 Å². The Morgan fingerprint density at radius 2 is 2.04 bits per heavy atom. The van der Waals surface area contributed by atoms with Gasteiger partial charge >= 0.3 is 6.09 Å². The number of hydrazone groups is 1. The van der Waals surface area contributed by atoms with Crippen LogP contribution in [-0.4, -0.2) is 51.9 Å². The average molecular weight is 343 g/mol. The highest BCUT2D eigenvalue weighted by atomic mass is 16.6. The van der Waals surface area contributed by atoms with Crippen LogP contribution in [0.5, 0.6) is 0 Å². The van der Waals surface area contributed by atoms with Crippen LogP contribution < -0.4 is 5.43 Å². The third-order valence-corrected chi connectivity index (χ3v) is 4.05. The van der Waals surface area contributed by atoms with Gasteiger partial charge in [-0.25, -0.2) is 15.2 Å². The van der Waals surface area contributed by atoms with E-state index in [2.05, 4.69) is 15.5 Å². The Bertz CT molecular complexity index is 788. The minimum absolute atomic E-state index is 0.159. The predicted molar refractivity (Wildman–Crippen MR) is 93.1 cm³/mol. The van der Waals surface area contributed by atoms with Gasteiger partial charge in [0.15, 0.2) is 0 Å². The van der Waals surface area contributed by atoms with Crippen molar-refractivity contribution in [3.8, 4) is 0 Å². The number of nitrogens with one attached hydrogen (secondary N) is 1. The molecule has 0 spiro atoms. The number of para-hydroxylation sites is 2. The Kier molecular flexibility index (Phi) is 5.27. The summed E-state index contributed by atoms with van der Waals surface area (Å²) in [7, 11) is 0. The van der Waals surface area contributed by atoms with E-state index in [1.54, 1.807) is 22.7 Å². The minimum Gasteiger partial charge on any atom is -0.450 e. The first-order valence-electron chi connectivity index (χ1n) is 8.33. The highest BCUT2D eigenvalue weighted by Gasteiger charge is 2.20. The summed E-state index contributed by atoms with van der Waals surface area (Å²) in [4.78, 5) is 29.7. The molecule has 0 bridgehead atoms. The summed E-state index contributed by atoms with van der Waals surface area (Å²) in [5.41, 5.74) is 5.23. The summed E-state index contributed by atoms with van der Waals surface area (Å²) < 4.78 is 6.76. The van der Waals surface area contributed by atoms with E-state index in [-0.39, 0.29) is 18.5 Å². The number of carbonyl (C=O) groups is 2. The van der Waals surface area contributed by atoms with Crippen LogP contribution >= 0.6 is 0 Å². The van der Waals surface area contributed by atoms with Gasteiger partial charge in [0.2, 0.25) is 0 Å². The summed E-state index contributed by atoms with van der Waals surface area (Å²) in [6, 6.07) is 7.65. The van der Waals surface area contributed by atoms with Gasteiger partial charge in [-0.3, -0.25) is 4.79 Å². The number of benzene rings is 1. The summed E-state index contributed by atoms with van der Waals surface area (Å²) in [6.07, 6.45) is 2.62. The number of ether oxygens (including phenoxy) is 1. The molecule has 1 saturated heterocycles. The largest absolute Gasteiger partial charge is 0.450 e. The van der Waals surface area contributed by atoms with E-state index in [0.29, 0.717) is 32.5 Å². The molecule has 132 valence electrons. The van der Waals surface area contributed by atoms with Crippen molar-refractivity contribution in [1.29, 1.82) is 0 Å². The van der Waals surface area contributed by atoms with Crippen LogP contribution in [0.3, 0.4) is 0 Å². The van der Waals surface area contributed by atoms with Gasteiger partial charge in [-0.05, 0) is 19.1 Å². The standard InChI is InChI=1S/C17H21N5O3/c1-2-25-17(24)21-9-7-13(8-10-21)19-20-16(23)11-22-12-18-14-5-3-4-6-15(14)22/h3-6,12H,2,7-11H2,1H3,(H,20,23). The molecule has 8 nitrogen and oxygen atoms in total. The van der Waals surface area contributed by atoms with Crippen molar-refractivity contribution in [2.24, 2.45) is 5.10 Å². The first-order valence-corrected chi connectivity index (χ1v) is 8.33. The van der Waals surface area contributed by atoms with Crippen molar-refractivity contribution < 1.29 is 14.3 Å². The number of hydrogen-bond donors (Lipinski definition) is 1. The highest BCUT2D eigenvalue weighted by molar-refractivity contribution is 5.88. The molecule has 0 atom stereocenters. The van der Waals surface area contributed by atoms with E-state index in [0.717, 1.165) is 16.7 Å². The quantitative estimate of drug-likeness (QED) is 0.857. The molecule has 1 N–H and O–H groups in total. The molecular formula is C17H21N5O3. The van der Waals surface area contributed by atoms with Crippen molar-refractivity contribution in [2.45, 2.75) is 26.3 Å². The Morgan fingerprint density at radius 1 is 1.28 bits per heavy atom. The fourth-order valence-electron chi connectivity index (χ4n) is 2.74. The van der Waals surface area contributed by atoms with Crippen molar-refractivity contribution in [2.75, 3.05) is 19.7 Å². The van der Waals surface area contributed by atoms with Gasteiger partial charge in [-0.2, -0.15) is 5.10 Å². The number of piperidine rings is 1. The molecule has 0 aliphatic carbocycles. The zero-order chi connectivity index (χ0) is 17.6. The SMILES string of the molecule is CCOC(=O)N1CCC(=NNC(=O)Cn2cnc3ccccc32)CC1. The smallest absolute Gasteiger partial charge is 0.409 e. The molecule has 2 aromatic rings. The van der Waals surface area contributed by atoms with E-state index in [1.165, 1.54) is 0 Å². The summed E-state index contributed by atoms with van der Waals surface area (Å²) in [5, 5.41) is 4.19. The minimum atomic E-state index is -0.294. The third kappa shape index (κ3) is 4.14. The third-order valence-electron chi connectivity index (χ3n) is 4.05. The molecule has 3 rings (SSSR count). The number of imidazole rings is 1. The average Bonchev–Trinajstić information content (AvgIpc) is 3.04. The van der Waals surface area contributed by atoms with Gasteiger partial charge in [0.1, 0.15) is 6.54 Å². The maximum Gasteiger partial charge on any atom is 0.409 e. The Hall–Kier alpha value is -2.90. The normalized spacial score (nSPS) is 14.4. The van der Waals surface area contributed by atoms with E-state index in [1.807, 2.05) is 24.3 Å². The monoisotopic (exact) mass is 343 g/mol. The Morgan fingerprint density at radius 3 is 2.80 bits per heavy atom. The lowest BCUT2D eigenvalue weighted by molar-refractivity contribution is -0.121. The lowest BCUT2D eigenvalue weighted by Gasteiger charge is -2.26. The second kappa shape index (κ2) is 7.78. The molecule has 2 heterocycles. The van der Waals surface area contributed by atoms with E-state index >= 15 is 0 Å². The molecule has 1 aromatic carbocycles. The summed E-state index contributed by atoms with van der Waals surface area (Å²) >= 11 is 0. The molecule has 2 amide bonds. The zero-order valence-electron chi connectivity index (χ0n) is 14.1. The van der Waals surface area contributed by atoms with Gasteiger partial charge in [-0.1, -0.05) is 12.1 Å². The van der Waals surface area contributed by atoms with Gasteiger partial charge in [0.05, 0.1) is 24.0 Å². The van der Waals surface area contributed by atoms with Gasteiger partial charge in [0, 0.05) is 31.6 Å². The van der Waals surface area contributed by atoms with Crippen molar-refractivity contribution in [1.82, 2.24) is 19.9 Å². The summed E-state index contributed by atoms with van der Waals surface area (Å²) in [5.74, 6) is -0.205. The fraction of sp³-hybridized carbons (Fsp3) is 0.412. The molecule has 0 radical (unpaired) electrons. The molecule has 0 saturated carbocycles. The lowest BCUT2D eigenvalue weighted by Crippen LogP contribution is -2.39. The molecule has 1 aromatic heterocycles. The molecule has 1 aliphatic rings. The van der Waals surface area contributed by atoms with Gasteiger partial charge in [-0.15, -0.1) is 0 Å². The molecule has 8 heteroatoms. The number of fused-ring (bicyclic) bond motifs is 1. The predicted octanol–water partition coefficient (Wildman–Crippen LogP) is 1.76. The van der Waals surface area contributed by atoms with Crippen LogP contribution in [0, 0.1) is 0 Å². The van der Waals surface area contributed by atoms with E-state index in [4.69, 9.17) is 4.74 Å². The first kappa shape index (κ1) is 16.9. The van der Waals surface area contributed by atoms with Crippen LogP contribution in [-0.2, 0) is 16.1 Å². The van der Waals surface area contributed by atoms with E-state index in [9.17, 15) is 9.59 Å². The van der Waals surface area contributed by atoms with Crippen molar-refractivity contribution >= 4 is 28.7 Å². The highest BCUT2D eigenvalue weighted by Crippen LogP contribution is 2.11. The number of rotatable bonds is 4. The van der Waals surface area contributed by atoms with Crippen molar-refractivity contribution in [3.63, 3.8) is 0 Å². The maximum absolute atomic E-state index is 12.1. The van der Waals surface area contributed by atoms with Gasteiger partial charge in [0.25, 0.3) is 5.91 Å². The van der Waals surface area contributed by atoms with Crippen LogP contribution in [0.25, 0.3) is 11.0 Å². The lowest BCUT2D eigenvalue weighted by atomic mass is 10.1. The number of carbonyl (C=O) groups excluding carboxylic acids is 2. The molecule has 25 heavy (non-hydrogen) atoms. The molecular weight excluding hydrogens is 322 g/mol. The Balaban J connectivity index is 1.51. The van der Waals surface area contributed by atoms with Crippen LogP contribution in [0.4, 0.5) is 4.79 Å². The van der Waals surface area contributed by atoms with Crippen LogP contribution in [0.15, 0.2) is 35.7 Å². The van der Waals surface area contributed by atoms with Gasteiger partial charge < -0.3 is 14.2 Å². The Labute approximate surface area is 145 Å². The molecule has 1 aliphatic heterocycles. The number of aromatic nitrogens is 2. The molecule has 1 fully saturated rings. The number of likely N-dealkylation sites (tertiary alicyclic amines) is 1. The van der Waals surface area contributed by atoms with Crippen LogP contribution in [0.2, 0.25) is 0 Å². The van der Waals surface area contributed by atoms with E-state index < -0.39 is 0 Å². The molecule has 0 unspecified atom stereocenters. The summed E-state index contributed by atoms with van der Waals surface area (Å²) in [6.45, 7) is 3.43.